The van der Waals surface area contributed by atoms with Crippen molar-refractivity contribution in [3.05, 3.63) is 36.4 Å². The van der Waals surface area contributed by atoms with E-state index >= 15 is 0 Å². The first-order valence-electron chi connectivity index (χ1n) is 5.16. The van der Waals surface area contributed by atoms with Gasteiger partial charge in [0, 0.05) is 36.8 Å². The van der Waals surface area contributed by atoms with Crippen molar-refractivity contribution >= 4 is 0 Å². The van der Waals surface area contributed by atoms with Crippen LogP contribution in [-0.2, 0) is 7.05 Å². The Kier molecular flexibility index (Phi) is 4.03. The van der Waals surface area contributed by atoms with Crippen molar-refractivity contribution in [3.63, 3.8) is 0 Å². The van der Waals surface area contributed by atoms with Crippen LogP contribution in [0.4, 0.5) is 0 Å². The standard InChI is InChI=1S/C10H11N3.C2H6/c1-8-3-9(5-11-4-8)10-6-12-13(2)7-10;1-2/h3-7H,1-2H3;1-2H3. The Bertz CT molecular complexity index is 418. The van der Waals surface area contributed by atoms with Crippen molar-refractivity contribution < 1.29 is 0 Å². The Balaban J connectivity index is 0.000000531. The summed E-state index contributed by atoms with van der Waals surface area (Å²) in [5, 5.41) is 4.11. The van der Waals surface area contributed by atoms with Crippen LogP contribution in [0.1, 0.15) is 19.4 Å². The monoisotopic (exact) mass is 203 g/mol. The van der Waals surface area contributed by atoms with Gasteiger partial charge in [-0.25, -0.2) is 0 Å². The third-order valence-corrected chi connectivity index (χ3v) is 1.91. The van der Waals surface area contributed by atoms with Gasteiger partial charge in [-0.1, -0.05) is 13.8 Å². The minimum absolute atomic E-state index is 1.11. The highest BCUT2D eigenvalue weighted by Gasteiger charge is 1.99. The second kappa shape index (κ2) is 5.29. The molecule has 0 N–H and O–H groups in total. The van der Waals surface area contributed by atoms with Crippen molar-refractivity contribution in [2.75, 3.05) is 0 Å². The molecule has 0 radical (unpaired) electrons. The molecule has 15 heavy (non-hydrogen) atoms. The minimum atomic E-state index is 1.11. The van der Waals surface area contributed by atoms with E-state index in [4.69, 9.17) is 0 Å². The molecule has 0 bridgehead atoms. The molecule has 0 saturated heterocycles. The summed E-state index contributed by atoms with van der Waals surface area (Å²) >= 11 is 0. The zero-order chi connectivity index (χ0) is 11.3. The lowest BCUT2D eigenvalue weighted by molar-refractivity contribution is 0.768. The van der Waals surface area contributed by atoms with E-state index in [9.17, 15) is 0 Å². The summed E-state index contributed by atoms with van der Waals surface area (Å²) < 4.78 is 1.79. The second-order valence-electron chi connectivity index (χ2n) is 3.15. The summed E-state index contributed by atoms with van der Waals surface area (Å²) in [5.74, 6) is 0. The lowest BCUT2D eigenvalue weighted by Crippen LogP contribution is -1.84. The zero-order valence-corrected chi connectivity index (χ0v) is 9.73. The zero-order valence-electron chi connectivity index (χ0n) is 9.73. The van der Waals surface area contributed by atoms with Gasteiger partial charge in [0.15, 0.2) is 0 Å². The molecule has 2 rings (SSSR count). The number of hydrogen-bond acceptors (Lipinski definition) is 2. The van der Waals surface area contributed by atoms with E-state index < -0.39 is 0 Å². The molecule has 2 aromatic heterocycles. The van der Waals surface area contributed by atoms with Crippen LogP contribution in [0, 0.1) is 6.92 Å². The lowest BCUT2D eigenvalue weighted by Gasteiger charge is -1.96. The van der Waals surface area contributed by atoms with Crippen LogP contribution in [0.15, 0.2) is 30.9 Å². The van der Waals surface area contributed by atoms with Crippen molar-refractivity contribution in [2.45, 2.75) is 20.8 Å². The number of aryl methyl sites for hydroxylation is 2. The number of pyridine rings is 1. The molecule has 0 aliphatic rings. The summed E-state index contributed by atoms with van der Waals surface area (Å²) in [6.45, 7) is 6.03. The highest BCUT2D eigenvalue weighted by Crippen LogP contribution is 2.17. The van der Waals surface area contributed by atoms with E-state index in [0.717, 1.165) is 11.1 Å². The maximum atomic E-state index is 4.13. The largest absolute Gasteiger partial charge is 0.275 e. The van der Waals surface area contributed by atoms with Gasteiger partial charge in [0.25, 0.3) is 0 Å². The summed E-state index contributed by atoms with van der Waals surface area (Å²) in [5.41, 5.74) is 3.40. The Morgan fingerprint density at radius 1 is 1.07 bits per heavy atom. The molecule has 2 aromatic rings. The van der Waals surface area contributed by atoms with Crippen LogP contribution >= 0.6 is 0 Å². The number of hydrogen-bond donors (Lipinski definition) is 0. The molecule has 80 valence electrons. The van der Waals surface area contributed by atoms with E-state index in [2.05, 4.69) is 16.1 Å². The average Bonchev–Trinajstić information content (AvgIpc) is 2.68. The van der Waals surface area contributed by atoms with Crippen LogP contribution < -0.4 is 0 Å². The highest BCUT2D eigenvalue weighted by atomic mass is 15.2. The third kappa shape index (κ3) is 2.91. The summed E-state index contributed by atoms with van der Waals surface area (Å²) in [7, 11) is 1.91. The van der Waals surface area contributed by atoms with E-state index in [1.54, 1.807) is 4.68 Å². The van der Waals surface area contributed by atoms with Crippen molar-refractivity contribution in [1.82, 2.24) is 14.8 Å². The minimum Gasteiger partial charge on any atom is -0.275 e. The van der Waals surface area contributed by atoms with Gasteiger partial charge in [-0.05, 0) is 18.6 Å². The molecular weight excluding hydrogens is 186 g/mol. The van der Waals surface area contributed by atoms with Crippen molar-refractivity contribution in [3.8, 4) is 11.1 Å². The molecule has 3 heteroatoms. The van der Waals surface area contributed by atoms with Gasteiger partial charge in [0.2, 0.25) is 0 Å². The first-order chi connectivity index (χ1) is 7.25. The van der Waals surface area contributed by atoms with Crippen LogP contribution in [-0.4, -0.2) is 14.8 Å². The van der Waals surface area contributed by atoms with Gasteiger partial charge < -0.3 is 0 Å². The van der Waals surface area contributed by atoms with Crippen LogP contribution in [0.3, 0.4) is 0 Å². The van der Waals surface area contributed by atoms with Crippen LogP contribution in [0.5, 0.6) is 0 Å². The molecule has 0 aliphatic carbocycles. The Morgan fingerprint density at radius 2 is 1.80 bits per heavy atom. The van der Waals surface area contributed by atoms with Gasteiger partial charge in [-0.2, -0.15) is 5.10 Å². The normalized spacial score (nSPS) is 9.33. The lowest BCUT2D eigenvalue weighted by atomic mass is 10.1. The number of aromatic nitrogens is 3. The summed E-state index contributed by atoms with van der Waals surface area (Å²) in [6, 6.07) is 2.10. The van der Waals surface area contributed by atoms with Gasteiger partial charge in [-0.3, -0.25) is 9.67 Å². The molecule has 3 nitrogen and oxygen atoms in total. The second-order valence-corrected chi connectivity index (χ2v) is 3.15. The topological polar surface area (TPSA) is 30.7 Å². The maximum absolute atomic E-state index is 4.13. The van der Waals surface area contributed by atoms with Crippen LogP contribution in [0.25, 0.3) is 11.1 Å². The summed E-state index contributed by atoms with van der Waals surface area (Å²) in [6.07, 6.45) is 7.52. The number of nitrogens with zero attached hydrogens (tertiary/aromatic N) is 3. The SMILES string of the molecule is CC.Cc1cncc(-c2cnn(C)c2)c1. The molecule has 0 saturated carbocycles. The average molecular weight is 203 g/mol. The van der Waals surface area contributed by atoms with E-state index in [1.807, 2.05) is 52.6 Å². The van der Waals surface area contributed by atoms with E-state index in [1.165, 1.54) is 5.56 Å². The molecule has 0 amide bonds. The van der Waals surface area contributed by atoms with Gasteiger partial charge in [-0.15, -0.1) is 0 Å². The molecular formula is C12H17N3. The smallest absolute Gasteiger partial charge is 0.0568 e. The first kappa shape index (κ1) is 11.4. The first-order valence-corrected chi connectivity index (χ1v) is 5.16. The Morgan fingerprint density at radius 3 is 2.33 bits per heavy atom. The molecule has 0 unspecified atom stereocenters. The predicted octanol–water partition coefficient (Wildman–Crippen LogP) is 2.82. The Labute approximate surface area is 90.8 Å². The van der Waals surface area contributed by atoms with E-state index in [0.29, 0.717) is 0 Å². The van der Waals surface area contributed by atoms with Crippen LogP contribution in [0.2, 0.25) is 0 Å². The molecule has 0 aliphatic heterocycles. The van der Waals surface area contributed by atoms with Crippen molar-refractivity contribution in [1.29, 1.82) is 0 Å². The molecule has 0 spiro atoms. The maximum Gasteiger partial charge on any atom is 0.0568 e. The molecule has 2 heterocycles. The van der Waals surface area contributed by atoms with Gasteiger partial charge in [0.1, 0.15) is 0 Å². The van der Waals surface area contributed by atoms with E-state index in [-0.39, 0.29) is 0 Å². The fourth-order valence-electron chi connectivity index (χ4n) is 1.28. The predicted molar refractivity (Wildman–Crippen MR) is 62.5 cm³/mol. The Hall–Kier alpha value is -1.64. The molecule has 0 atom stereocenters. The fraction of sp³-hybridized carbons (Fsp3) is 0.333. The van der Waals surface area contributed by atoms with Gasteiger partial charge >= 0.3 is 0 Å². The fourth-order valence-corrected chi connectivity index (χ4v) is 1.28. The molecule has 0 aromatic carbocycles. The highest BCUT2D eigenvalue weighted by molar-refractivity contribution is 5.60. The third-order valence-electron chi connectivity index (χ3n) is 1.91. The van der Waals surface area contributed by atoms with Gasteiger partial charge in [0.05, 0.1) is 6.20 Å². The summed E-state index contributed by atoms with van der Waals surface area (Å²) in [4.78, 5) is 4.13. The van der Waals surface area contributed by atoms with Crippen molar-refractivity contribution in [2.24, 2.45) is 7.05 Å². The number of rotatable bonds is 1. The quantitative estimate of drug-likeness (QED) is 0.713. The molecule has 0 fully saturated rings.